The fourth-order valence-electron chi connectivity index (χ4n) is 4.49. The zero-order valence-electron chi connectivity index (χ0n) is 14.6. The minimum Gasteiger partial charge on any atom is -0.454 e. The van der Waals surface area contributed by atoms with Crippen LogP contribution in [0.3, 0.4) is 0 Å². The van der Waals surface area contributed by atoms with Crippen molar-refractivity contribution in [3.63, 3.8) is 0 Å². The van der Waals surface area contributed by atoms with Crippen molar-refractivity contribution in [2.45, 2.75) is 32.1 Å². The second-order valence-electron chi connectivity index (χ2n) is 7.29. The fraction of sp³-hybridized carbons (Fsp3) is 0.273. The lowest BCUT2D eigenvalue weighted by atomic mass is 9.82. The third kappa shape index (κ3) is 2.35. The van der Waals surface area contributed by atoms with E-state index in [0.717, 1.165) is 22.4 Å². The molecule has 0 bridgehead atoms. The maximum absolute atomic E-state index is 5.66. The molecule has 0 radical (unpaired) electrons. The first-order valence-electron chi connectivity index (χ1n) is 8.81. The lowest BCUT2D eigenvalue weighted by molar-refractivity contribution is 0.173. The molecule has 0 fully saturated rings. The van der Waals surface area contributed by atoms with Gasteiger partial charge in [0.25, 0.3) is 0 Å². The summed E-state index contributed by atoms with van der Waals surface area (Å²) in [6.45, 7) is 4.79. The van der Waals surface area contributed by atoms with Crippen molar-refractivity contribution in [3.05, 3.63) is 66.6 Å². The fourth-order valence-corrected chi connectivity index (χ4v) is 5.64. The Labute approximate surface area is 170 Å². The Morgan fingerprint density at radius 2 is 1.69 bits per heavy atom. The van der Waals surface area contributed by atoms with Gasteiger partial charge in [0, 0.05) is 16.3 Å². The Bertz CT molecular complexity index is 1000. The summed E-state index contributed by atoms with van der Waals surface area (Å²) in [5, 5.41) is 0. The van der Waals surface area contributed by atoms with E-state index in [-0.39, 0.29) is 0 Å². The van der Waals surface area contributed by atoms with Crippen molar-refractivity contribution in [1.82, 2.24) is 0 Å². The molecule has 2 nitrogen and oxygen atoms in total. The van der Waals surface area contributed by atoms with Crippen LogP contribution in [0, 0.1) is 0 Å². The highest BCUT2D eigenvalue weighted by atomic mass is 79.9. The molecule has 0 aromatic heterocycles. The van der Waals surface area contributed by atoms with Crippen LogP contribution in [0.15, 0.2) is 44.4 Å². The van der Waals surface area contributed by atoms with Gasteiger partial charge in [-0.15, -0.1) is 0 Å². The van der Waals surface area contributed by atoms with Crippen molar-refractivity contribution in [1.29, 1.82) is 0 Å². The monoisotopic (exact) mass is 472 g/mol. The van der Waals surface area contributed by atoms with E-state index >= 15 is 0 Å². The van der Waals surface area contributed by atoms with Gasteiger partial charge in [0.2, 0.25) is 6.79 Å². The van der Waals surface area contributed by atoms with E-state index in [1.165, 1.54) is 37.9 Å². The molecule has 1 aliphatic heterocycles. The number of rotatable bonds is 2. The smallest absolute Gasteiger partial charge is 0.231 e. The average Bonchev–Trinajstić information content (AvgIpc) is 3.28. The van der Waals surface area contributed by atoms with Crippen LogP contribution < -0.4 is 9.47 Å². The number of ether oxygens (including phenoxy) is 2. The quantitative estimate of drug-likeness (QED) is 0.466. The molecule has 0 saturated heterocycles. The minimum absolute atomic E-state index is 0.302. The zero-order valence-corrected chi connectivity index (χ0v) is 17.8. The molecular formula is C22H18Br2O2. The van der Waals surface area contributed by atoms with Crippen LogP contribution in [0.2, 0.25) is 0 Å². The third-order valence-corrected chi connectivity index (χ3v) is 7.31. The summed E-state index contributed by atoms with van der Waals surface area (Å²) < 4.78 is 13.5. The predicted molar refractivity (Wildman–Crippen MR) is 112 cm³/mol. The van der Waals surface area contributed by atoms with E-state index in [4.69, 9.17) is 9.47 Å². The second-order valence-corrected chi connectivity index (χ2v) is 8.93. The van der Waals surface area contributed by atoms with Crippen LogP contribution in [0.5, 0.6) is 11.5 Å². The van der Waals surface area contributed by atoms with E-state index in [1.54, 1.807) is 0 Å². The number of halogens is 2. The Morgan fingerprint density at radius 3 is 2.50 bits per heavy atom. The molecule has 2 aromatic carbocycles. The van der Waals surface area contributed by atoms with E-state index in [1.807, 2.05) is 0 Å². The van der Waals surface area contributed by atoms with Gasteiger partial charge < -0.3 is 9.47 Å². The Hall–Kier alpha value is -1.52. The maximum Gasteiger partial charge on any atom is 0.231 e. The largest absolute Gasteiger partial charge is 0.454 e. The molecule has 2 aliphatic carbocycles. The van der Waals surface area contributed by atoms with Crippen LogP contribution in [0.4, 0.5) is 0 Å². The lowest BCUT2D eigenvalue weighted by Gasteiger charge is -2.22. The molecule has 2 unspecified atom stereocenters. The highest BCUT2D eigenvalue weighted by Gasteiger charge is 2.34. The molecule has 132 valence electrons. The summed E-state index contributed by atoms with van der Waals surface area (Å²) in [6, 6.07) is 8.71. The molecule has 2 atom stereocenters. The van der Waals surface area contributed by atoms with Crippen molar-refractivity contribution >= 4 is 44.0 Å². The number of hydrogen-bond donors (Lipinski definition) is 0. The van der Waals surface area contributed by atoms with Gasteiger partial charge in [-0.2, -0.15) is 0 Å². The first-order valence-corrected chi connectivity index (χ1v) is 10.4. The summed E-state index contributed by atoms with van der Waals surface area (Å²) in [6.07, 6.45) is 5.70. The Balaban J connectivity index is 1.55. The molecule has 26 heavy (non-hydrogen) atoms. The summed E-state index contributed by atoms with van der Waals surface area (Å²) in [4.78, 5) is 0. The maximum atomic E-state index is 5.66. The first kappa shape index (κ1) is 16.6. The molecular weight excluding hydrogens is 456 g/mol. The van der Waals surface area contributed by atoms with Crippen molar-refractivity contribution in [2.24, 2.45) is 0 Å². The van der Waals surface area contributed by atoms with Gasteiger partial charge in [0.05, 0.1) is 4.47 Å². The number of allylic oxidation sites excluding steroid dienone is 2. The first-order chi connectivity index (χ1) is 12.5. The van der Waals surface area contributed by atoms with Crippen LogP contribution >= 0.6 is 31.9 Å². The molecule has 4 heteroatoms. The molecule has 0 saturated carbocycles. The molecule has 0 spiro atoms. The molecule has 1 heterocycles. The van der Waals surface area contributed by atoms with Gasteiger partial charge in [0.15, 0.2) is 11.5 Å². The number of hydrogen-bond acceptors (Lipinski definition) is 2. The Morgan fingerprint density at radius 1 is 0.962 bits per heavy atom. The highest BCUT2D eigenvalue weighted by Crippen LogP contribution is 2.53. The SMILES string of the molecule is CC1=Cc2c(Br)cccc2C1CC1C(C)=Cc2c1cc1c(c2Br)OCO1. The van der Waals surface area contributed by atoms with Crippen LogP contribution in [-0.2, 0) is 0 Å². The Kier molecular flexibility index (Phi) is 3.84. The summed E-state index contributed by atoms with van der Waals surface area (Å²) in [5.74, 6) is 2.53. The third-order valence-electron chi connectivity index (χ3n) is 5.83. The van der Waals surface area contributed by atoms with Crippen molar-refractivity contribution < 1.29 is 9.47 Å². The van der Waals surface area contributed by atoms with Gasteiger partial charge in [-0.25, -0.2) is 0 Å². The topological polar surface area (TPSA) is 18.5 Å². The summed E-state index contributed by atoms with van der Waals surface area (Å²) in [5.41, 5.74) is 8.19. The van der Waals surface area contributed by atoms with E-state index in [2.05, 4.69) is 82.1 Å². The highest BCUT2D eigenvalue weighted by molar-refractivity contribution is 9.11. The van der Waals surface area contributed by atoms with Gasteiger partial charge >= 0.3 is 0 Å². The van der Waals surface area contributed by atoms with Gasteiger partial charge in [-0.05, 0) is 70.6 Å². The zero-order chi connectivity index (χ0) is 18.0. The van der Waals surface area contributed by atoms with Gasteiger partial charge in [0.1, 0.15) is 0 Å². The van der Waals surface area contributed by atoms with E-state index in [9.17, 15) is 0 Å². The lowest BCUT2D eigenvalue weighted by Crippen LogP contribution is -2.06. The van der Waals surface area contributed by atoms with Gasteiger partial charge in [-0.3, -0.25) is 0 Å². The van der Waals surface area contributed by atoms with Crippen LogP contribution in [-0.4, -0.2) is 6.79 Å². The molecule has 0 amide bonds. The number of benzene rings is 2. The van der Waals surface area contributed by atoms with Crippen LogP contribution in [0.25, 0.3) is 12.2 Å². The summed E-state index contributed by atoms with van der Waals surface area (Å²) >= 11 is 7.43. The predicted octanol–water partition coefficient (Wildman–Crippen LogP) is 7.03. The standard InChI is InChI=1S/C22H18Br2O2/c1-11-6-17-13(4-3-5-19(17)23)14(11)8-15-12(2)7-18-16(15)9-20-22(21(18)24)26-10-25-20/h3-7,9,14-15H,8,10H2,1-2H3. The molecule has 5 rings (SSSR count). The van der Waals surface area contributed by atoms with E-state index < -0.39 is 0 Å². The van der Waals surface area contributed by atoms with Crippen molar-refractivity contribution in [2.75, 3.05) is 6.79 Å². The summed E-state index contributed by atoms with van der Waals surface area (Å²) in [7, 11) is 0. The number of fused-ring (bicyclic) bond motifs is 3. The van der Waals surface area contributed by atoms with E-state index in [0.29, 0.717) is 18.6 Å². The molecule has 0 N–H and O–H groups in total. The van der Waals surface area contributed by atoms with Crippen LogP contribution in [0.1, 0.15) is 54.4 Å². The van der Waals surface area contributed by atoms with Gasteiger partial charge in [-0.1, -0.05) is 51.4 Å². The normalized spacial score (nSPS) is 22.2. The van der Waals surface area contributed by atoms with Crippen molar-refractivity contribution in [3.8, 4) is 11.5 Å². The minimum atomic E-state index is 0.302. The molecule has 2 aromatic rings. The average molecular weight is 474 g/mol. The molecule has 3 aliphatic rings. The second kappa shape index (κ2) is 6.00.